The minimum Gasteiger partial charge on any atom is -0.380 e. The summed E-state index contributed by atoms with van der Waals surface area (Å²) in [5, 5.41) is 3.70. The Bertz CT molecular complexity index is 1590. The number of alkyl halides is 2. The minimum absolute atomic E-state index is 0.0598. The molecule has 2 aliphatic rings. The van der Waals surface area contributed by atoms with Crippen LogP contribution in [0.2, 0.25) is 0 Å². The molecule has 2 unspecified atom stereocenters. The zero-order chi connectivity index (χ0) is 28.1. The number of benzene rings is 2. The molecule has 0 spiro atoms. The predicted octanol–water partition coefficient (Wildman–Crippen LogP) is 4.95. The number of hydrogen-bond donors (Lipinski definition) is 1. The van der Waals surface area contributed by atoms with Crippen molar-refractivity contribution < 1.29 is 27.1 Å². The van der Waals surface area contributed by atoms with Crippen LogP contribution in [0, 0.1) is 17.6 Å². The molecule has 0 aliphatic carbocycles. The molecule has 2 aliphatic heterocycles. The van der Waals surface area contributed by atoms with Crippen molar-refractivity contribution in [3.63, 3.8) is 0 Å². The average molecular weight is 557 g/mol. The first-order chi connectivity index (χ1) is 19.2. The van der Waals surface area contributed by atoms with Crippen molar-refractivity contribution >= 4 is 34.1 Å². The standard InChI is InChI=1S/C28H28F4N6O2/c1-15-12-36(27(39)17-13-40-14-17)8-9-37(15)23-10-20-22(11-21(23)29)38-7-6-33-28(38)35-26(20)34-16(2)18-4-3-5-19(24(18)30)25(31)32/h3-7,10-11,15-17,25H,8-9,12-14H2,1-2H3,(H,33,34,35). The molecule has 2 aromatic carbocycles. The van der Waals surface area contributed by atoms with Gasteiger partial charge in [0.1, 0.15) is 17.5 Å². The molecule has 4 heterocycles. The Morgan fingerprint density at radius 3 is 2.62 bits per heavy atom. The smallest absolute Gasteiger partial charge is 0.266 e. The maximum absolute atomic E-state index is 15.7. The molecule has 4 aromatic rings. The van der Waals surface area contributed by atoms with E-state index in [2.05, 4.69) is 15.3 Å². The lowest BCUT2D eigenvalue weighted by atomic mass is 10.0. The van der Waals surface area contributed by atoms with Crippen LogP contribution >= 0.6 is 0 Å². The number of piperazine rings is 1. The van der Waals surface area contributed by atoms with E-state index in [0.717, 1.165) is 6.07 Å². The highest BCUT2D eigenvalue weighted by atomic mass is 19.3. The first kappa shape index (κ1) is 26.3. The van der Waals surface area contributed by atoms with E-state index in [4.69, 9.17) is 4.74 Å². The van der Waals surface area contributed by atoms with Crippen molar-refractivity contribution in [3.8, 4) is 0 Å². The molecule has 12 heteroatoms. The summed E-state index contributed by atoms with van der Waals surface area (Å²) < 4.78 is 64.0. The van der Waals surface area contributed by atoms with E-state index < -0.39 is 29.7 Å². The van der Waals surface area contributed by atoms with Gasteiger partial charge in [-0.3, -0.25) is 9.20 Å². The number of amides is 1. The molecule has 2 fully saturated rings. The molecule has 8 nitrogen and oxygen atoms in total. The zero-order valence-corrected chi connectivity index (χ0v) is 22.0. The average Bonchev–Trinajstić information content (AvgIpc) is 3.36. The maximum atomic E-state index is 15.7. The molecular weight excluding hydrogens is 528 g/mol. The number of rotatable bonds is 6. The number of nitrogens with zero attached hydrogens (tertiary/aromatic N) is 5. The van der Waals surface area contributed by atoms with Crippen molar-refractivity contribution in [3.05, 3.63) is 65.5 Å². The molecule has 0 radical (unpaired) electrons. The van der Waals surface area contributed by atoms with Gasteiger partial charge < -0.3 is 19.9 Å². The van der Waals surface area contributed by atoms with Gasteiger partial charge in [-0.25, -0.2) is 22.5 Å². The highest BCUT2D eigenvalue weighted by Crippen LogP contribution is 2.35. The van der Waals surface area contributed by atoms with Crippen LogP contribution in [-0.4, -0.2) is 64.1 Å². The van der Waals surface area contributed by atoms with Crippen molar-refractivity contribution in [1.82, 2.24) is 19.3 Å². The van der Waals surface area contributed by atoms with Gasteiger partial charge >= 0.3 is 0 Å². The molecule has 210 valence electrons. The van der Waals surface area contributed by atoms with Crippen LogP contribution in [0.1, 0.15) is 37.4 Å². The second-order valence-electron chi connectivity index (χ2n) is 10.4. The maximum Gasteiger partial charge on any atom is 0.266 e. The number of aromatic nitrogens is 3. The second-order valence-corrected chi connectivity index (χ2v) is 10.4. The second kappa shape index (κ2) is 10.2. The summed E-state index contributed by atoms with van der Waals surface area (Å²) in [6, 6.07) is 6.10. The fourth-order valence-corrected chi connectivity index (χ4v) is 5.50. The van der Waals surface area contributed by atoms with Crippen molar-refractivity contribution in [1.29, 1.82) is 0 Å². The number of halogens is 4. The zero-order valence-electron chi connectivity index (χ0n) is 22.0. The molecule has 2 saturated heterocycles. The SMILES string of the molecule is CC(Nc1nc2nccn2c2cc(F)c(N3CCN(C(=O)C4COC4)CC3C)cc12)c1cccc(C(F)F)c1F. The van der Waals surface area contributed by atoms with Crippen LogP contribution in [0.4, 0.5) is 29.1 Å². The summed E-state index contributed by atoms with van der Waals surface area (Å²) in [7, 11) is 0. The van der Waals surface area contributed by atoms with Crippen LogP contribution in [0.5, 0.6) is 0 Å². The van der Waals surface area contributed by atoms with Crippen LogP contribution in [0.25, 0.3) is 16.7 Å². The number of nitrogens with one attached hydrogen (secondary N) is 1. The van der Waals surface area contributed by atoms with Gasteiger partial charge in [-0.1, -0.05) is 18.2 Å². The monoisotopic (exact) mass is 556 g/mol. The van der Waals surface area contributed by atoms with Gasteiger partial charge in [-0.05, 0) is 19.9 Å². The quantitative estimate of drug-likeness (QED) is 0.339. The van der Waals surface area contributed by atoms with E-state index in [1.54, 1.807) is 28.5 Å². The molecule has 2 aromatic heterocycles. The third kappa shape index (κ3) is 4.49. The molecule has 2 atom stereocenters. The number of imidazole rings is 1. The van der Waals surface area contributed by atoms with E-state index in [1.165, 1.54) is 24.4 Å². The predicted molar refractivity (Wildman–Crippen MR) is 142 cm³/mol. The lowest BCUT2D eigenvalue weighted by Gasteiger charge is -2.43. The van der Waals surface area contributed by atoms with Gasteiger partial charge in [0.2, 0.25) is 11.7 Å². The number of fused-ring (bicyclic) bond motifs is 3. The van der Waals surface area contributed by atoms with Crippen LogP contribution < -0.4 is 10.2 Å². The Morgan fingerprint density at radius 2 is 1.93 bits per heavy atom. The Labute approximate surface area is 227 Å². The van der Waals surface area contributed by atoms with Gasteiger partial charge in [0.05, 0.1) is 41.9 Å². The highest BCUT2D eigenvalue weighted by molar-refractivity contribution is 5.94. The molecule has 1 N–H and O–H groups in total. The van der Waals surface area contributed by atoms with Gasteiger partial charge in [0.15, 0.2) is 0 Å². The Hall–Kier alpha value is -3.93. The summed E-state index contributed by atoms with van der Waals surface area (Å²) in [5.74, 6) is -0.853. The molecule has 6 rings (SSSR count). The third-order valence-corrected chi connectivity index (χ3v) is 7.76. The lowest BCUT2D eigenvalue weighted by Crippen LogP contribution is -2.57. The summed E-state index contributed by atoms with van der Waals surface area (Å²) in [6.07, 6.45) is 0.260. The van der Waals surface area contributed by atoms with E-state index in [1.807, 2.05) is 11.8 Å². The van der Waals surface area contributed by atoms with Gasteiger partial charge in [0.25, 0.3) is 6.43 Å². The van der Waals surface area contributed by atoms with Gasteiger partial charge in [-0.2, -0.15) is 4.98 Å². The number of carbonyl (C=O) groups excluding carboxylic acids is 1. The first-order valence-corrected chi connectivity index (χ1v) is 13.2. The van der Waals surface area contributed by atoms with Gasteiger partial charge in [-0.15, -0.1) is 0 Å². The molecule has 0 bridgehead atoms. The van der Waals surface area contributed by atoms with E-state index in [9.17, 15) is 18.0 Å². The summed E-state index contributed by atoms with van der Waals surface area (Å²) in [4.78, 5) is 25.3. The van der Waals surface area contributed by atoms with Gasteiger partial charge in [0, 0.05) is 55.1 Å². The van der Waals surface area contributed by atoms with Crippen LogP contribution in [-0.2, 0) is 9.53 Å². The van der Waals surface area contributed by atoms with E-state index >= 15 is 4.39 Å². The van der Waals surface area contributed by atoms with E-state index in [-0.39, 0.29) is 23.4 Å². The molecule has 0 saturated carbocycles. The molecular formula is C28H28F4N6O2. The Kier molecular flexibility index (Phi) is 6.73. The number of hydrogen-bond acceptors (Lipinski definition) is 6. The Morgan fingerprint density at radius 1 is 1.15 bits per heavy atom. The molecule has 1 amide bonds. The fraction of sp³-hybridized carbons (Fsp3) is 0.393. The largest absolute Gasteiger partial charge is 0.380 e. The minimum atomic E-state index is -2.95. The summed E-state index contributed by atoms with van der Waals surface area (Å²) in [6.45, 7) is 5.81. The fourth-order valence-electron chi connectivity index (χ4n) is 5.50. The third-order valence-electron chi connectivity index (χ3n) is 7.76. The van der Waals surface area contributed by atoms with E-state index in [0.29, 0.717) is 61.0 Å². The number of carbonyl (C=O) groups is 1. The van der Waals surface area contributed by atoms with Crippen molar-refractivity contribution in [2.75, 3.05) is 43.1 Å². The highest BCUT2D eigenvalue weighted by Gasteiger charge is 2.35. The topological polar surface area (TPSA) is 75.0 Å². The number of ether oxygens (including phenoxy) is 1. The first-order valence-electron chi connectivity index (χ1n) is 13.2. The van der Waals surface area contributed by atoms with Crippen molar-refractivity contribution in [2.45, 2.75) is 32.4 Å². The molecule has 40 heavy (non-hydrogen) atoms. The van der Waals surface area contributed by atoms with Crippen molar-refractivity contribution in [2.24, 2.45) is 5.92 Å². The van der Waals surface area contributed by atoms with Crippen LogP contribution in [0.3, 0.4) is 0 Å². The summed E-state index contributed by atoms with van der Waals surface area (Å²) in [5.41, 5.74) is 0.228. The normalized spacial score (nSPS) is 18.9. The number of anilines is 2. The summed E-state index contributed by atoms with van der Waals surface area (Å²) >= 11 is 0. The van der Waals surface area contributed by atoms with Crippen LogP contribution in [0.15, 0.2) is 42.7 Å². The Balaban J connectivity index is 1.36. The lowest BCUT2D eigenvalue weighted by molar-refractivity contribution is -0.150.